The van der Waals surface area contributed by atoms with Gasteiger partial charge in [0, 0.05) is 16.9 Å². The second-order valence-electron chi connectivity index (χ2n) is 6.81. The minimum atomic E-state index is -1.13. The minimum absolute atomic E-state index is 0.00564. The van der Waals surface area contributed by atoms with Crippen molar-refractivity contribution in [3.8, 4) is 5.75 Å². The molecule has 0 spiro atoms. The number of benzene rings is 1. The van der Waals surface area contributed by atoms with E-state index in [1.54, 1.807) is 17.4 Å². The van der Waals surface area contributed by atoms with Gasteiger partial charge in [-0.2, -0.15) is 0 Å². The van der Waals surface area contributed by atoms with Crippen molar-refractivity contribution in [1.29, 1.82) is 0 Å². The Balaban J connectivity index is 2.01. The van der Waals surface area contributed by atoms with Gasteiger partial charge < -0.3 is 24.7 Å². The molecule has 1 aliphatic carbocycles. The number of aliphatic carboxylic acids is 1. The number of rotatable bonds is 6. The summed E-state index contributed by atoms with van der Waals surface area (Å²) in [7, 11) is 0. The molecule has 0 saturated heterocycles. The van der Waals surface area contributed by atoms with Crippen LogP contribution in [0.5, 0.6) is 5.75 Å². The van der Waals surface area contributed by atoms with Crippen LogP contribution in [-0.2, 0) is 24.2 Å². The van der Waals surface area contributed by atoms with Crippen LogP contribution < -0.4 is 16.0 Å². The largest absolute Gasteiger partial charge is 0.544 e. The summed E-state index contributed by atoms with van der Waals surface area (Å²) in [5.74, 6) is -1.19. The normalized spacial score (nSPS) is 15.9. The van der Waals surface area contributed by atoms with Gasteiger partial charge in [0.05, 0.1) is 11.5 Å². The molecule has 0 saturated carbocycles. The number of fused-ring (bicyclic) bond motifs is 3. The van der Waals surface area contributed by atoms with E-state index in [2.05, 4.69) is 0 Å². The van der Waals surface area contributed by atoms with Gasteiger partial charge in [0.1, 0.15) is 18.3 Å². The quantitative estimate of drug-likeness (QED) is 0.728. The third-order valence-corrected chi connectivity index (χ3v) is 5.32. The number of carbonyl (C=O) groups excluding carboxylic acids is 1. The fraction of sp³-hybridized carbons (Fsp3) is 0.474. The molecule has 1 aromatic carbocycles. The van der Waals surface area contributed by atoms with Crippen LogP contribution in [-0.4, -0.2) is 17.1 Å². The zero-order valence-electron chi connectivity index (χ0n) is 14.5. The second kappa shape index (κ2) is 6.88. The van der Waals surface area contributed by atoms with Crippen molar-refractivity contribution in [2.75, 3.05) is 0 Å². The van der Waals surface area contributed by atoms with E-state index in [4.69, 9.17) is 4.42 Å². The number of aryl methyl sites for hydroxylation is 1. The van der Waals surface area contributed by atoms with E-state index in [1.807, 2.05) is 13.8 Å². The lowest BCUT2D eigenvalue weighted by atomic mass is 9.98. The number of carbonyl (C=O) groups is 1. The maximum atomic E-state index is 12.2. The molecular weight excluding hydrogens is 322 g/mol. The standard InChI is InChI=1S/C19H23NO5/c1-3-10(2)16(18(22)23)20-9-14-15(21)8-7-12-11-5-4-6-13(11)19(24)25-17(12)14/h7-8,10,16,20-21H,3-6,9H2,1-2H3,(H,22,23)/t10-,16-/m1/s1. The SMILES string of the molecule is CC[C@@H](C)[C@@H]([NH2+]Cc1c(O)ccc2c3c(c(=O)oc12)CCC3)C(=O)[O-]. The fourth-order valence-electron chi connectivity index (χ4n) is 3.65. The molecule has 1 heterocycles. The molecule has 0 bridgehead atoms. The summed E-state index contributed by atoms with van der Waals surface area (Å²) in [6.07, 6.45) is 3.16. The van der Waals surface area contributed by atoms with E-state index < -0.39 is 12.0 Å². The van der Waals surface area contributed by atoms with Crippen LogP contribution in [0.2, 0.25) is 0 Å². The number of carboxylic acids is 1. The molecule has 2 atom stereocenters. The smallest absolute Gasteiger partial charge is 0.339 e. The number of aromatic hydroxyl groups is 1. The first-order chi connectivity index (χ1) is 11.9. The lowest BCUT2D eigenvalue weighted by Crippen LogP contribution is -2.93. The number of hydrogen-bond donors (Lipinski definition) is 2. The highest BCUT2D eigenvalue weighted by Gasteiger charge is 2.25. The Bertz CT molecular complexity index is 870. The number of phenolic OH excluding ortho intramolecular Hbond substituents is 1. The van der Waals surface area contributed by atoms with Crippen molar-refractivity contribution in [3.63, 3.8) is 0 Å². The van der Waals surface area contributed by atoms with Crippen LogP contribution >= 0.6 is 0 Å². The molecule has 6 heteroatoms. The van der Waals surface area contributed by atoms with E-state index in [9.17, 15) is 19.8 Å². The minimum Gasteiger partial charge on any atom is -0.544 e. The molecule has 1 aromatic heterocycles. The molecule has 0 radical (unpaired) electrons. The summed E-state index contributed by atoms with van der Waals surface area (Å²) in [6, 6.07) is 2.63. The summed E-state index contributed by atoms with van der Waals surface area (Å²) >= 11 is 0. The average Bonchev–Trinajstić information content (AvgIpc) is 3.07. The summed E-state index contributed by atoms with van der Waals surface area (Å²) in [6.45, 7) is 3.98. The predicted molar refractivity (Wildman–Crippen MR) is 90.1 cm³/mol. The average molecular weight is 345 g/mol. The van der Waals surface area contributed by atoms with Crippen molar-refractivity contribution < 1.29 is 24.7 Å². The molecule has 3 N–H and O–H groups in total. The summed E-state index contributed by atoms with van der Waals surface area (Å²) < 4.78 is 5.50. The van der Waals surface area contributed by atoms with Crippen LogP contribution in [0.1, 0.15) is 43.4 Å². The topological polar surface area (TPSA) is 107 Å². The third-order valence-electron chi connectivity index (χ3n) is 5.32. The highest BCUT2D eigenvalue weighted by atomic mass is 16.4. The lowest BCUT2D eigenvalue weighted by molar-refractivity contribution is -0.704. The van der Waals surface area contributed by atoms with Gasteiger partial charge in [-0.25, -0.2) is 4.79 Å². The van der Waals surface area contributed by atoms with Gasteiger partial charge in [0.15, 0.2) is 5.58 Å². The van der Waals surface area contributed by atoms with Crippen molar-refractivity contribution >= 4 is 16.9 Å². The van der Waals surface area contributed by atoms with E-state index in [-0.39, 0.29) is 23.8 Å². The van der Waals surface area contributed by atoms with Crippen LogP contribution in [0.25, 0.3) is 11.0 Å². The molecule has 6 nitrogen and oxygen atoms in total. The molecule has 3 rings (SSSR count). The first-order valence-electron chi connectivity index (χ1n) is 8.77. The van der Waals surface area contributed by atoms with E-state index in [0.717, 1.165) is 35.8 Å². The highest BCUT2D eigenvalue weighted by molar-refractivity contribution is 5.86. The number of quaternary nitrogens is 1. The molecule has 0 amide bonds. The van der Waals surface area contributed by atoms with Crippen LogP contribution in [0.4, 0.5) is 0 Å². The van der Waals surface area contributed by atoms with Gasteiger partial charge in [-0.15, -0.1) is 0 Å². The van der Waals surface area contributed by atoms with Gasteiger partial charge in [0.25, 0.3) is 0 Å². The first kappa shape index (κ1) is 17.5. The Morgan fingerprint density at radius 3 is 2.76 bits per heavy atom. The van der Waals surface area contributed by atoms with E-state index in [1.165, 1.54) is 0 Å². The van der Waals surface area contributed by atoms with Crippen molar-refractivity contribution in [3.05, 3.63) is 39.2 Å². The summed E-state index contributed by atoms with van der Waals surface area (Å²) in [5, 5.41) is 24.1. The molecular formula is C19H23NO5. The van der Waals surface area contributed by atoms with Gasteiger partial charge in [-0.05, 0) is 43.4 Å². The van der Waals surface area contributed by atoms with Crippen LogP contribution in [0.15, 0.2) is 21.3 Å². The summed E-state index contributed by atoms with van der Waals surface area (Å²) in [4.78, 5) is 23.6. The molecule has 2 aromatic rings. The van der Waals surface area contributed by atoms with Crippen LogP contribution in [0.3, 0.4) is 0 Å². The molecule has 25 heavy (non-hydrogen) atoms. The second-order valence-corrected chi connectivity index (χ2v) is 6.81. The molecule has 0 unspecified atom stereocenters. The van der Waals surface area contributed by atoms with Gasteiger partial charge in [-0.1, -0.05) is 13.8 Å². The third kappa shape index (κ3) is 3.14. The maximum absolute atomic E-state index is 12.2. The Morgan fingerprint density at radius 1 is 1.36 bits per heavy atom. The highest BCUT2D eigenvalue weighted by Crippen LogP contribution is 2.32. The Morgan fingerprint density at radius 2 is 2.08 bits per heavy atom. The van der Waals surface area contributed by atoms with Gasteiger partial charge in [-0.3, -0.25) is 0 Å². The Labute approximate surface area is 145 Å². The number of carboxylic acid groups (broad SMARTS) is 1. The fourth-order valence-corrected chi connectivity index (χ4v) is 3.65. The van der Waals surface area contributed by atoms with Gasteiger partial charge >= 0.3 is 5.63 Å². The van der Waals surface area contributed by atoms with Crippen molar-refractivity contribution in [2.45, 2.75) is 52.1 Å². The summed E-state index contributed by atoms with van der Waals surface area (Å²) in [5.41, 5.74) is 2.18. The maximum Gasteiger partial charge on any atom is 0.339 e. The van der Waals surface area contributed by atoms with Crippen molar-refractivity contribution in [2.24, 2.45) is 5.92 Å². The first-order valence-corrected chi connectivity index (χ1v) is 8.77. The number of hydrogen-bond acceptors (Lipinski definition) is 5. The molecule has 0 fully saturated rings. The van der Waals surface area contributed by atoms with Crippen LogP contribution in [0, 0.1) is 5.92 Å². The zero-order valence-corrected chi connectivity index (χ0v) is 14.5. The predicted octanol–water partition coefficient (Wildman–Crippen LogP) is 0.215. The Hall–Kier alpha value is -2.34. The zero-order chi connectivity index (χ0) is 18.1. The van der Waals surface area contributed by atoms with Crippen molar-refractivity contribution in [1.82, 2.24) is 0 Å². The molecule has 0 aliphatic heterocycles. The Kier molecular flexibility index (Phi) is 4.81. The van der Waals surface area contributed by atoms with E-state index >= 15 is 0 Å². The number of phenols is 1. The molecule has 1 aliphatic rings. The molecule has 134 valence electrons. The van der Waals surface area contributed by atoms with Gasteiger partial charge in [0.2, 0.25) is 0 Å². The number of nitrogens with two attached hydrogens (primary N) is 1. The lowest BCUT2D eigenvalue weighted by Gasteiger charge is -2.22. The monoisotopic (exact) mass is 345 g/mol. The van der Waals surface area contributed by atoms with E-state index in [0.29, 0.717) is 17.6 Å².